The highest BCUT2D eigenvalue weighted by atomic mass is 15.1. The van der Waals surface area contributed by atoms with E-state index < -0.39 is 0 Å². The molecule has 0 aromatic carbocycles. The molecule has 3 nitrogen and oxygen atoms in total. The minimum Gasteiger partial charge on any atom is -0.384 e. The summed E-state index contributed by atoms with van der Waals surface area (Å²) < 4.78 is 0. The summed E-state index contributed by atoms with van der Waals surface area (Å²) in [5.74, 6) is 2.28. The monoisotopic (exact) mass is 233 g/mol. The highest BCUT2D eigenvalue weighted by Crippen LogP contribution is 2.27. The Balaban J connectivity index is 2.01. The van der Waals surface area contributed by atoms with Crippen LogP contribution in [-0.2, 0) is 0 Å². The fraction of sp³-hybridized carbons (Fsp3) is 0.643. The summed E-state index contributed by atoms with van der Waals surface area (Å²) in [5, 5.41) is 0. The number of rotatable bonds is 2. The molecule has 1 aromatic heterocycles. The van der Waals surface area contributed by atoms with Gasteiger partial charge in [0.25, 0.3) is 0 Å². The number of hydrogen-bond donors (Lipinski definition) is 1. The maximum atomic E-state index is 5.62. The largest absolute Gasteiger partial charge is 0.384 e. The molecular formula is C14H23N3. The highest BCUT2D eigenvalue weighted by molar-refractivity contribution is 5.48. The molecule has 1 aliphatic heterocycles. The number of nitrogens with zero attached hydrogens (tertiary/aromatic N) is 2. The summed E-state index contributed by atoms with van der Waals surface area (Å²) in [7, 11) is 0. The van der Waals surface area contributed by atoms with Gasteiger partial charge in [-0.15, -0.1) is 0 Å². The van der Waals surface area contributed by atoms with Crippen molar-refractivity contribution in [1.29, 1.82) is 0 Å². The zero-order chi connectivity index (χ0) is 12.3. The zero-order valence-electron chi connectivity index (χ0n) is 10.9. The molecule has 1 atom stereocenters. The molecule has 2 heterocycles. The molecule has 2 rings (SSSR count). The van der Waals surface area contributed by atoms with E-state index >= 15 is 0 Å². The van der Waals surface area contributed by atoms with Gasteiger partial charge in [-0.3, -0.25) is 0 Å². The minimum atomic E-state index is 0.601. The summed E-state index contributed by atoms with van der Waals surface area (Å²) in [6.45, 7) is 6.97. The second kappa shape index (κ2) is 5.39. The van der Waals surface area contributed by atoms with Crippen LogP contribution < -0.4 is 10.6 Å². The van der Waals surface area contributed by atoms with E-state index in [0.717, 1.165) is 24.9 Å². The van der Waals surface area contributed by atoms with Crippen molar-refractivity contribution >= 4 is 11.5 Å². The maximum absolute atomic E-state index is 5.62. The molecule has 0 spiro atoms. The molecule has 2 N–H and O–H groups in total. The normalized spacial score (nSPS) is 21.6. The Hall–Kier alpha value is -1.25. The van der Waals surface area contributed by atoms with Crippen LogP contribution in [-0.4, -0.2) is 18.1 Å². The van der Waals surface area contributed by atoms with Crippen LogP contribution in [0.15, 0.2) is 18.3 Å². The Morgan fingerprint density at radius 3 is 2.76 bits per heavy atom. The van der Waals surface area contributed by atoms with Crippen molar-refractivity contribution in [2.45, 2.75) is 33.1 Å². The lowest BCUT2D eigenvalue weighted by atomic mass is 9.89. The number of hydrogen-bond acceptors (Lipinski definition) is 3. The van der Waals surface area contributed by atoms with Crippen LogP contribution in [0.25, 0.3) is 0 Å². The van der Waals surface area contributed by atoms with Crippen LogP contribution in [0.1, 0.15) is 33.1 Å². The van der Waals surface area contributed by atoms with Gasteiger partial charge in [-0.25, -0.2) is 4.98 Å². The average molecular weight is 233 g/mol. The summed E-state index contributed by atoms with van der Waals surface area (Å²) in [6, 6.07) is 3.97. The smallest absolute Gasteiger partial charge is 0.123 e. The van der Waals surface area contributed by atoms with Crippen molar-refractivity contribution < 1.29 is 0 Å². The highest BCUT2D eigenvalue weighted by Gasteiger charge is 2.19. The number of pyridine rings is 1. The van der Waals surface area contributed by atoms with Gasteiger partial charge in [-0.1, -0.05) is 13.8 Å². The zero-order valence-corrected chi connectivity index (χ0v) is 10.9. The van der Waals surface area contributed by atoms with E-state index in [1.165, 1.54) is 24.9 Å². The first kappa shape index (κ1) is 12.2. The lowest BCUT2D eigenvalue weighted by molar-refractivity contribution is 0.351. The predicted molar refractivity (Wildman–Crippen MR) is 73.0 cm³/mol. The van der Waals surface area contributed by atoms with E-state index in [-0.39, 0.29) is 0 Å². The van der Waals surface area contributed by atoms with Crippen LogP contribution in [0.2, 0.25) is 0 Å². The lowest BCUT2D eigenvalue weighted by Gasteiger charge is -2.23. The van der Waals surface area contributed by atoms with E-state index in [0.29, 0.717) is 5.82 Å². The van der Waals surface area contributed by atoms with Gasteiger partial charge in [-0.2, -0.15) is 0 Å². The van der Waals surface area contributed by atoms with Gasteiger partial charge in [0.1, 0.15) is 5.82 Å². The topological polar surface area (TPSA) is 42.1 Å². The van der Waals surface area contributed by atoms with Crippen molar-refractivity contribution in [1.82, 2.24) is 4.98 Å². The predicted octanol–water partition coefficient (Wildman–Crippen LogP) is 2.93. The van der Waals surface area contributed by atoms with Gasteiger partial charge in [0.2, 0.25) is 0 Å². The molecule has 1 aromatic rings. The fourth-order valence-corrected chi connectivity index (χ4v) is 2.63. The van der Waals surface area contributed by atoms with Gasteiger partial charge < -0.3 is 10.6 Å². The third-order valence-corrected chi connectivity index (χ3v) is 3.85. The van der Waals surface area contributed by atoms with Crippen LogP contribution in [0, 0.1) is 11.8 Å². The molecule has 0 saturated carbocycles. The van der Waals surface area contributed by atoms with Crippen LogP contribution in [0.4, 0.5) is 11.5 Å². The summed E-state index contributed by atoms with van der Waals surface area (Å²) in [6.07, 6.45) is 5.83. The molecule has 1 unspecified atom stereocenters. The van der Waals surface area contributed by atoms with Crippen LogP contribution in [0.5, 0.6) is 0 Å². The molecule has 1 saturated heterocycles. The average Bonchev–Trinajstić information content (AvgIpc) is 2.55. The molecular weight excluding hydrogens is 210 g/mol. The minimum absolute atomic E-state index is 0.601. The fourth-order valence-electron chi connectivity index (χ4n) is 2.63. The third kappa shape index (κ3) is 3.11. The standard InChI is InChI=1S/C14H23N3/c1-11(2)12-4-3-8-17(9-7-12)13-5-6-14(15)16-10-13/h5-6,10-12H,3-4,7-9H2,1-2H3,(H2,15,16). The van der Waals surface area contributed by atoms with Crippen molar-refractivity contribution in [3.63, 3.8) is 0 Å². The van der Waals surface area contributed by atoms with Crippen molar-refractivity contribution in [2.24, 2.45) is 11.8 Å². The SMILES string of the molecule is CC(C)C1CCCN(c2ccc(N)nc2)CC1. The summed E-state index contributed by atoms with van der Waals surface area (Å²) >= 11 is 0. The van der Waals surface area contributed by atoms with Crippen molar-refractivity contribution in [3.05, 3.63) is 18.3 Å². The Kier molecular flexibility index (Phi) is 3.87. The second-order valence-electron chi connectivity index (χ2n) is 5.36. The first-order chi connectivity index (χ1) is 8.16. The van der Waals surface area contributed by atoms with Gasteiger partial charge in [-0.05, 0) is 43.2 Å². The molecule has 94 valence electrons. The molecule has 0 amide bonds. The first-order valence-electron chi connectivity index (χ1n) is 6.63. The Morgan fingerprint density at radius 2 is 2.12 bits per heavy atom. The van der Waals surface area contributed by atoms with E-state index in [1.54, 1.807) is 0 Å². The number of nitrogens with two attached hydrogens (primary N) is 1. The van der Waals surface area contributed by atoms with Gasteiger partial charge in [0.05, 0.1) is 11.9 Å². The Bertz CT molecular complexity index is 345. The molecule has 3 heteroatoms. The number of nitrogen functional groups attached to an aromatic ring is 1. The number of aromatic nitrogens is 1. The van der Waals surface area contributed by atoms with Crippen molar-refractivity contribution in [2.75, 3.05) is 23.7 Å². The second-order valence-corrected chi connectivity index (χ2v) is 5.36. The lowest BCUT2D eigenvalue weighted by Crippen LogP contribution is -2.24. The first-order valence-corrected chi connectivity index (χ1v) is 6.63. The molecule has 0 bridgehead atoms. The maximum Gasteiger partial charge on any atom is 0.123 e. The number of anilines is 2. The van der Waals surface area contributed by atoms with Crippen molar-refractivity contribution in [3.8, 4) is 0 Å². The molecule has 1 aliphatic rings. The van der Waals surface area contributed by atoms with Gasteiger partial charge in [0, 0.05) is 13.1 Å². The third-order valence-electron chi connectivity index (χ3n) is 3.85. The van der Waals surface area contributed by atoms with Crippen LogP contribution >= 0.6 is 0 Å². The molecule has 1 fully saturated rings. The summed E-state index contributed by atoms with van der Waals surface area (Å²) in [4.78, 5) is 6.61. The summed E-state index contributed by atoms with van der Waals surface area (Å²) in [5.41, 5.74) is 6.83. The van der Waals surface area contributed by atoms with Crippen LogP contribution in [0.3, 0.4) is 0 Å². The van der Waals surface area contributed by atoms with Gasteiger partial charge in [0.15, 0.2) is 0 Å². The Morgan fingerprint density at radius 1 is 1.29 bits per heavy atom. The van der Waals surface area contributed by atoms with E-state index in [9.17, 15) is 0 Å². The van der Waals surface area contributed by atoms with E-state index in [2.05, 4.69) is 29.8 Å². The molecule has 17 heavy (non-hydrogen) atoms. The Labute approximate surface area is 104 Å². The quantitative estimate of drug-likeness (QED) is 0.854. The molecule has 0 radical (unpaired) electrons. The molecule has 0 aliphatic carbocycles. The van der Waals surface area contributed by atoms with E-state index in [1.807, 2.05) is 12.3 Å². The van der Waals surface area contributed by atoms with E-state index in [4.69, 9.17) is 5.73 Å². The van der Waals surface area contributed by atoms with Gasteiger partial charge >= 0.3 is 0 Å².